The molecule has 3 nitrogen and oxygen atoms in total. The predicted octanol–water partition coefficient (Wildman–Crippen LogP) is 3.12. The summed E-state index contributed by atoms with van der Waals surface area (Å²) in [5.41, 5.74) is 1.07. The van der Waals surface area contributed by atoms with Crippen LogP contribution in [-0.2, 0) is 11.3 Å². The van der Waals surface area contributed by atoms with Crippen LogP contribution in [0.2, 0.25) is 0 Å². The van der Waals surface area contributed by atoms with Crippen LogP contribution in [0.1, 0.15) is 12.5 Å². The lowest BCUT2D eigenvalue weighted by Crippen LogP contribution is -2.35. The Hall–Kier alpha value is -0.390. The summed E-state index contributed by atoms with van der Waals surface area (Å²) in [6, 6.07) is 5.41. The number of halogens is 2. The second-order valence-corrected chi connectivity index (χ2v) is 5.39. The summed E-state index contributed by atoms with van der Waals surface area (Å²) in [5.74, 6) is -0.807. The van der Waals surface area contributed by atoms with E-state index in [0.717, 1.165) is 14.5 Å². The van der Waals surface area contributed by atoms with Crippen LogP contribution in [0.15, 0.2) is 27.1 Å². The molecule has 0 aliphatic carbocycles. The van der Waals surface area contributed by atoms with Crippen molar-refractivity contribution in [2.24, 2.45) is 0 Å². The normalized spacial score (nSPS) is 12.8. The third kappa shape index (κ3) is 3.57. The highest BCUT2D eigenvalue weighted by Crippen LogP contribution is 2.24. The fraction of sp³-hybridized carbons (Fsp3) is 0.364. The molecule has 0 heterocycles. The zero-order valence-electron chi connectivity index (χ0n) is 9.08. The van der Waals surface area contributed by atoms with E-state index in [0.29, 0.717) is 6.54 Å². The first-order chi connectivity index (χ1) is 7.41. The number of benzene rings is 1. The molecule has 1 aromatic rings. The topological polar surface area (TPSA) is 40.5 Å². The molecule has 1 aromatic carbocycles. The van der Waals surface area contributed by atoms with Crippen molar-refractivity contribution in [3.63, 3.8) is 0 Å². The SMILES string of the molecule is CC(C(=O)O)N(C)Cc1ccc(Br)c(Br)c1. The van der Waals surface area contributed by atoms with Gasteiger partial charge in [-0.1, -0.05) is 6.07 Å². The fourth-order valence-corrected chi connectivity index (χ4v) is 1.92. The van der Waals surface area contributed by atoms with Crippen LogP contribution >= 0.6 is 31.9 Å². The van der Waals surface area contributed by atoms with E-state index in [2.05, 4.69) is 31.9 Å². The molecule has 0 fully saturated rings. The molecule has 0 aliphatic rings. The summed E-state index contributed by atoms with van der Waals surface area (Å²) >= 11 is 6.81. The van der Waals surface area contributed by atoms with Crippen LogP contribution < -0.4 is 0 Å². The van der Waals surface area contributed by atoms with Crippen LogP contribution in [-0.4, -0.2) is 29.1 Å². The molecular formula is C11H13Br2NO2. The number of hydrogen-bond donors (Lipinski definition) is 1. The Bertz CT molecular complexity index is 396. The maximum Gasteiger partial charge on any atom is 0.320 e. The average Bonchev–Trinajstić information content (AvgIpc) is 2.22. The number of nitrogens with zero attached hydrogens (tertiary/aromatic N) is 1. The van der Waals surface area contributed by atoms with Crippen molar-refractivity contribution in [1.82, 2.24) is 4.90 Å². The number of carboxylic acid groups (broad SMARTS) is 1. The Labute approximate surface area is 112 Å². The molecule has 0 amide bonds. The lowest BCUT2D eigenvalue weighted by atomic mass is 10.2. The molecule has 0 saturated carbocycles. The Balaban J connectivity index is 2.73. The highest BCUT2D eigenvalue weighted by Gasteiger charge is 2.16. The molecule has 0 spiro atoms. The number of carboxylic acids is 1. The van der Waals surface area contributed by atoms with E-state index in [1.165, 1.54) is 0 Å². The van der Waals surface area contributed by atoms with Gasteiger partial charge in [-0.05, 0) is 63.5 Å². The second-order valence-electron chi connectivity index (χ2n) is 3.68. The minimum Gasteiger partial charge on any atom is -0.480 e. The summed E-state index contributed by atoms with van der Waals surface area (Å²) in [7, 11) is 1.80. The second kappa shape index (κ2) is 5.80. The Morgan fingerprint density at radius 2 is 2.06 bits per heavy atom. The Morgan fingerprint density at radius 3 is 2.56 bits per heavy atom. The molecule has 16 heavy (non-hydrogen) atoms. The molecule has 0 aromatic heterocycles. The first-order valence-corrected chi connectivity index (χ1v) is 6.37. The van der Waals surface area contributed by atoms with Gasteiger partial charge in [0.2, 0.25) is 0 Å². The van der Waals surface area contributed by atoms with Crippen molar-refractivity contribution < 1.29 is 9.90 Å². The molecule has 0 radical (unpaired) electrons. The van der Waals surface area contributed by atoms with Crippen molar-refractivity contribution in [2.45, 2.75) is 19.5 Å². The maximum absolute atomic E-state index is 10.8. The molecule has 1 atom stereocenters. The Kier molecular flexibility index (Phi) is 4.95. The van der Waals surface area contributed by atoms with E-state index in [1.807, 2.05) is 18.2 Å². The van der Waals surface area contributed by atoms with E-state index < -0.39 is 12.0 Å². The van der Waals surface area contributed by atoms with Crippen molar-refractivity contribution in [3.8, 4) is 0 Å². The van der Waals surface area contributed by atoms with Gasteiger partial charge in [0.15, 0.2) is 0 Å². The zero-order valence-corrected chi connectivity index (χ0v) is 12.2. The van der Waals surface area contributed by atoms with Crippen LogP contribution in [0.3, 0.4) is 0 Å². The third-order valence-electron chi connectivity index (χ3n) is 2.43. The highest BCUT2D eigenvalue weighted by molar-refractivity contribution is 9.13. The van der Waals surface area contributed by atoms with Gasteiger partial charge in [-0.2, -0.15) is 0 Å². The van der Waals surface area contributed by atoms with E-state index in [9.17, 15) is 4.79 Å². The number of likely N-dealkylation sites (N-methyl/N-ethyl adjacent to an activating group) is 1. The van der Waals surface area contributed by atoms with Gasteiger partial charge in [-0.15, -0.1) is 0 Å². The van der Waals surface area contributed by atoms with Crippen LogP contribution in [0.5, 0.6) is 0 Å². The third-order valence-corrected chi connectivity index (χ3v) is 4.31. The summed E-state index contributed by atoms with van der Waals surface area (Å²) in [6.45, 7) is 2.29. The molecule has 0 saturated heterocycles. The fourth-order valence-electron chi connectivity index (χ4n) is 1.25. The highest BCUT2D eigenvalue weighted by atomic mass is 79.9. The monoisotopic (exact) mass is 349 g/mol. The van der Waals surface area contributed by atoms with Crippen molar-refractivity contribution in [3.05, 3.63) is 32.7 Å². The van der Waals surface area contributed by atoms with E-state index in [4.69, 9.17) is 5.11 Å². The van der Waals surface area contributed by atoms with E-state index in [1.54, 1.807) is 18.9 Å². The van der Waals surface area contributed by atoms with Gasteiger partial charge in [-0.25, -0.2) is 0 Å². The van der Waals surface area contributed by atoms with Gasteiger partial charge >= 0.3 is 5.97 Å². The minimum atomic E-state index is -0.807. The number of aliphatic carboxylic acids is 1. The average molecular weight is 351 g/mol. The quantitative estimate of drug-likeness (QED) is 0.906. The number of rotatable bonds is 4. The summed E-state index contributed by atoms with van der Waals surface area (Å²) in [4.78, 5) is 12.6. The first-order valence-electron chi connectivity index (χ1n) is 4.78. The summed E-state index contributed by atoms with van der Waals surface area (Å²) in [5, 5.41) is 8.87. The Morgan fingerprint density at radius 1 is 1.44 bits per heavy atom. The molecule has 88 valence electrons. The van der Waals surface area contributed by atoms with E-state index >= 15 is 0 Å². The van der Waals surface area contributed by atoms with Crippen LogP contribution in [0.25, 0.3) is 0 Å². The van der Waals surface area contributed by atoms with Gasteiger partial charge < -0.3 is 5.11 Å². The molecule has 1 unspecified atom stereocenters. The minimum absolute atomic E-state index is 0.484. The molecular weight excluding hydrogens is 338 g/mol. The smallest absolute Gasteiger partial charge is 0.320 e. The van der Waals surface area contributed by atoms with Gasteiger partial charge in [0, 0.05) is 15.5 Å². The molecule has 1 rings (SSSR count). The van der Waals surface area contributed by atoms with E-state index in [-0.39, 0.29) is 0 Å². The van der Waals surface area contributed by atoms with Crippen LogP contribution in [0, 0.1) is 0 Å². The standard InChI is InChI=1S/C11H13Br2NO2/c1-7(11(15)16)14(2)6-8-3-4-9(12)10(13)5-8/h3-5,7H,6H2,1-2H3,(H,15,16). The molecule has 0 aliphatic heterocycles. The lowest BCUT2D eigenvalue weighted by molar-refractivity contribution is -0.142. The number of carbonyl (C=O) groups is 1. The lowest BCUT2D eigenvalue weighted by Gasteiger charge is -2.21. The van der Waals surface area contributed by atoms with Gasteiger partial charge in [-0.3, -0.25) is 9.69 Å². The first kappa shape index (κ1) is 13.7. The van der Waals surface area contributed by atoms with Crippen LogP contribution in [0.4, 0.5) is 0 Å². The largest absolute Gasteiger partial charge is 0.480 e. The summed E-state index contributed by atoms with van der Waals surface area (Å²) < 4.78 is 1.96. The van der Waals surface area contributed by atoms with Crippen molar-refractivity contribution >= 4 is 37.8 Å². The molecule has 0 bridgehead atoms. The maximum atomic E-state index is 10.8. The van der Waals surface area contributed by atoms with Gasteiger partial charge in [0.05, 0.1) is 0 Å². The van der Waals surface area contributed by atoms with Crippen molar-refractivity contribution in [1.29, 1.82) is 0 Å². The predicted molar refractivity (Wildman–Crippen MR) is 70.4 cm³/mol. The van der Waals surface area contributed by atoms with Gasteiger partial charge in [0.25, 0.3) is 0 Å². The summed E-state index contributed by atoms with van der Waals surface area (Å²) in [6.07, 6.45) is 0. The van der Waals surface area contributed by atoms with Crippen molar-refractivity contribution in [2.75, 3.05) is 7.05 Å². The van der Waals surface area contributed by atoms with Gasteiger partial charge in [0.1, 0.15) is 6.04 Å². The molecule has 1 N–H and O–H groups in total. The zero-order chi connectivity index (χ0) is 12.3. The number of hydrogen-bond acceptors (Lipinski definition) is 2. The molecule has 5 heteroatoms.